The molecular weight excluding hydrogens is 332 g/mol. The van der Waals surface area contributed by atoms with Crippen LogP contribution in [0.1, 0.15) is 37.0 Å². The number of rotatable bonds is 3. The van der Waals surface area contributed by atoms with Crippen molar-refractivity contribution in [2.45, 2.75) is 32.2 Å². The Morgan fingerprint density at radius 3 is 2.77 bits per heavy atom. The van der Waals surface area contributed by atoms with Crippen LogP contribution in [0.4, 0.5) is 5.82 Å². The highest BCUT2D eigenvalue weighted by Gasteiger charge is 2.34. The Kier molecular flexibility index (Phi) is 3.67. The fraction of sp³-hybridized carbons (Fsp3) is 0.471. The van der Waals surface area contributed by atoms with Crippen molar-refractivity contribution in [3.63, 3.8) is 0 Å². The van der Waals surface area contributed by atoms with E-state index in [1.807, 2.05) is 25.2 Å². The van der Waals surface area contributed by atoms with Gasteiger partial charge in [-0.05, 0) is 18.2 Å². The van der Waals surface area contributed by atoms with Crippen LogP contribution < -0.4 is 4.90 Å². The lowest BCUT2D eigenvalue weighted by atomic mass is 9.92. The van der Waals surface area contributed by atoms with E-state index in [1.54, 1.807) is 15.7 Å². The SMILES string of the molecule is CN(C(=O)c1cc(C(C)(C)C)[nH]n1)C1CN(c2ccc3nncn3n2)C1. The molecule has 3 aromatic rings. The van der Waals surface area contributed by atoms with E-state index in [2.05, 4.69) is 51.2 Å². The van der Waals surface area contributed by atoms with Gasteiger partial charge in [0.1, 0.15) is 17.8 Å². The molecule has 26 heavy (non-hydrogen) atoms. The molecule has 4 rings (SSSR count). The van der Waals surface area contributed by atoms with Crippen LogP contribution in [-0.4, -0.2) is 67.0 Å². The van der Waals surface area contributed by atoms with E-state index in [1.165, 1.54) is 0 Å². The maximum absolute atomic E-state index is 12.7. The summed E-state index contributed by atoms with van der Waals surface area (Å²) in [7, 11) is 1.83. The van der Waals surface area contributed by atoms with Crippen molar-refractivity contribution in [2.24, 2.45) is 0 Å². The maximum Gasteiger partial charge on any atom is 0.274 e. The number of hydrogen-bond donors (Lipinski definition) is 1. The first-order chi connectivity index (χ1) is 12.3. The molecule has 3 aromatic heterocycles. The van der Waals surface area contributed by atoms with Crippen LogP contribution in [0.5, 0.6) is 0 Å². The smallest absolute Gasteiger partial charge is 0.274 e. The van der Waals surface area contributed by atoms with E-state index >= 15 is 0 Å². The third-order valence-electron chi connectivity index (χ3n) is 4.81. The molecule has 0 spiro atoms. The molecule has 0 aliphatic carbocycles. The Morgan fingerprint density at radius 2 is 2.08 bits per heavy atom. The van der Waals surface area contributed by atoms with Crippen LogP contribution in [0.25, 0.3) is 5.65 Å². The number of anilines is 1. The van der Waals surface area contributed by atoms with Gasteiger partial charge in [-0.15, -0.1) is 15.3 Å². The average molecular weight is 354 g/mol. The summed E-state index contributed by atoms with van der Waals surface area (Å²) < 4.78 is 1.65. The molecule has 4 heterocycles. The highest BCUT2D eigenvalue weighted by atomic mass is 16.2. The second-order valence-electron chi connectivity index (χ2n) is 7.72. The van der Waals surface area contributed by atoms with Gasteiger partial charge in [0, 0.05) is 31.2 Å². The summed E-state index contributed by atoms with van der Waals surface area (Å²) in [5, 5.41) is 19.4. The maximum atomic E-state index is 12.7. The van der Waals surface area contributed by atoms with Crippen LogP contribution >= 0.6 is 0 Å². The van der Waals surface area contributed by atoms with Gasteiger partial charge in [0.25, 0.3) is 5.91 Å². The summed E-state index contributed by atoms with van der Waals surface area (Å²) in [5.74, 6) is 0.785. The lowest BCUT2D eigenvalue weighted by molar-refractivity contribution is 0.0699. The van der Waals surface area contributed by atoms with Crippen molar-refractivity contribution in [3.05, 3.63) is 35.9 Å². The first-order valence-corrected chi connectivity index (χ1v) is 8.58. The molecule has 1 amide bonds. The molecule has 1 fully saturated rings. The molecular formula is C17H22N8O. The number of nitrogens with zero attached hydrogens (tertiary/aromatic N) is 7. The quantitative estimate of drug-likeness (QED) is 0.757. The predicted octanol–water partition coefficient (Wildman–Crippen LogP) is 1.11. The largest absolute Gasteiger partial charge is 0.351 e. The van der Waals surface area contributed by atoms with Crippen molar-refractivity contribution >= 4 is 17.4 Å². The van der Waals surface area contributed by atoms with Crippen molar-refractivity contribution in [1.29, 1.82) is 0 Å². The van der Waals surface area contributed by atoms with Crippen molar-refractivity contribution in [1.82, 2.24) is 34.9 Å². The van der Waals surface area contributed by atoms with E-state index in [9.17, 15) is 4.79 Å². The second kappa shape index (κ2) is 5.79. The van der Waals surface area contributed by atoms with Gasteiger partial charge in [0.15, 0.2) is 5.65 Å². The number of amides is 1. The number of aromatic nitrogens is 6. The van der Waals surface area contributed by atoms with Crippen LogP contribution in [0, 0.1) is 0 Å². The lowest BCUT2D eigenvalue weighted by Crippen LogP contribution is -2.60. The molecule has 0 radical (unpaired) electrons. The van der Waals surface area contributed by atoms with Crippen LogP contribution in [0.2, 0.25) is 0 Å². The summed E-state index contributed by atoms with van der Waals surface area (Å²) in [6.45, 7) is 7.73. The first-order valence-electron chi connectivity index (χ1n) is 8.58. The zero-order valence-electron chi connectivity index (χ0n) is 15.3. The summed E-state index contributed by atoms with van der Waals surface area (Å²) >= 11 is 0. The Bertz CT molecular complexity index is 947. The third kappa shape index (κ3) is 2.79. The summed E-state index contributed by atoms with van der Waals surface area (Å²) in [6.07, 6.45) is 1.58. The van der Waals surface area contributed by atoms with Gasteiger partial charge in [-0.2, -0.15) is 9.61 Å². The van der Waals surface area contributed by atoms with E-state index in [4.69, 9.17) is 0 Å². The van der Waals surface area contributed by atoms with E-state index in [0.717, 1.165) is 24.6 Å². The van der Waals surface area contributed by atoms with Gasteiger partial charge in [0.2, 0.25) is 0 Å². The zero-order chi connectivity index (χ0) is 18.5. The topological polar surface area (TPSA) is 95.3 Å². The number of carbonyl (C=O) groups excluding carboxylic acids is 1. The van der Waals surface area contributed by atoms with Crippen LogP contribution in [0.15, 0.2) is 24.5 Å². The van der Waals surface area contributed by atoms with Gasteiger partial charge < -0.3 is 9.80 Å². The Labute approximate surface area is 151 Å². The van der Waals surface area contributed by atoms with Gasteiger partial charge in [-0.1, -0.05) is 20.8 Å². The fourth-order valence-corrected chi connectivity index (χ4v) is 2.94. The van der Waals surface area contributed by atoms with Crippen molar-refractivity contribution < 1.29 is 4.79 Å². The molecule has 1 saturated heterocycles. The Balaban J connectivity index is 1.41. The monoisotopic (exact) mass is 354 g/mol. The highest BCUT2D eigenvalue weighted by molar-refractivity contribution is 5.92. The molecule has 136 valence electrons. The molecule has 0 aromatic carbocycles. The van der Waals surface area contributed by atoms with Crippen molar-refractivity contribution in [3.8, 4) is 0 Å². The molecule has 9 nitrogen and oxygen atoms in total. The fourth-order valence-electron chi connectivity index (χ4n) is 2.94. The number of fused-ring (bicyclic) bond motifs is 1. The van der Waals surface area contributed by atoms with Crippen LogP contribution in [0.3, 0.4) is 0 Å². The first kappa shape index (κ1) is 16.5. The Morgan fingerprint density at radius 1 is 1.31 bits per heavy atom. The minimum atomic E-state index is -0.0661. The normalized spacial score (nSPS) is 15.3. The Hall–Kier alpha value is -2.97. The molecule has 9 heteroatoms. The minimum absolute atomic E-state index is 0.0656. The molecule has 0 saturated carbocycles. The standard InChI is InChI=1S/C17H22N8O/c1-17(2,3)13-7-12(19-20-13)16(26)23(4)11-8-24(9-11)15-6-5-14-21-18-10-25(14)22-15/h5-7,10-11H,8-9H2,1-4H3,(H,19,20). The van der Waals surface area contributed by atoms with E-state index < -0.39 is 0 Å². The van der Waals surface area contributed by atoms with Gasteiger partial charge in [0.05, 0.1) is 6.04 Å². The summed E-state index contributed by atoms with van der Waals surface area (Å²) in [5.41, 5.74) is 2.06. The number of H-pyrrole nitrogens is 1. The molecule has 1 N–H and O–H groups in total. The minimum Gasteiger partial charge on any atom is -0.351 e. The number of hydrogen-bond acceptors (Lipinski definition) is 6. The number of nitrogens with one attached hydrogen (secondary N) is 1. The van der Waals surface area contributed by atoms with E-state index in [-0.39, 0.29) is 17.4 Å². The van der Waals surface area contributed by atoms with Gasteiger partial charge in [-0.3, -0.25) is 9.89 Å². The van der Waals surface area contributed by atoms with Gasteiger partial charge >= 0.3 is 0 Å². The number of likely N-dealkylation sites (N-methyl/N-ethyl adjacent to an activating group) is 1. The number of aromatic amines is 1. The summed E-state index contributed by atoms with van der Waals surface area (Å²) in [4.78, 5) is 16.6. The highest BCUT2D eigenvalue weighted by Crippen LogP contribution is 2.24. The lowest BCUT2D eigenvalue weighted by Gasteiger charge is -2.44. The molecule has 0 unspecified atom stereocenters. The molecule has 0 bridgehead atoms. The molecule has 0 atom stereocenters. The third-order valence-corrected chi connectivity index (χ3v) is 4.81. The van der Waals surface area contributed by atoms with E-state index in [0.29, 0.717) is 11.3 Å². The summed E-state index contributed by atoms with van der Waals surface area (Å²) in [6, 6.07) is 5.79. The average Bonchev–Trinajstić information content (AvgIpc) is 3.21. The molecule has 1 aliphatic heterocycles. The van der Waals surface area contributed by atoms with Gasteiger partial charge in [-0.25, -0.2) is 0 Å². The van der Waals surface area contributed by atoms with Crippen molar-refractivity contribution in [2.75, 3.05) is 25.0 Å². The second-order valence-corrected chi connectivity index (χ2v) is 7.72. The predicted molar refractivity (Wildman–Crippen MR) is 96.2 cm³/mol. The zero-order valence-corrected chi connectivity index (χ0v) is 15.3. The molecule has 1 aliphatic rings. The van der Waals surface area contributed by atoms with Crippen LogP contribution in [-0.2, 0) is 5.41 Å². The number of carbonyl (C=O) groups is 1.